The molecule has 0 atom stereocenters. The average Bonchev–Trinajstić information content (AvgIpc) is 3.59. The Kier molecular flexibility index (Phi) is 9.19. The van der Waals surface area contributed by atoms with Gasteiger partial charge in [-0.3, -0.25) is 0 Å². The van der Waals surface area contributed by atoms with E-state index in [1.165, 1.54) is 87.3 Å². The van der Waals surface area contributed by atoms with Crippen molar-refractivity contribution in [2.45, 2.75) is 67.6 Å². The van der Waals surface area contributed by atoms with Crippen molar-refractivity contribution in [1.29, 1.82) is 0 Å². The van der Waals surface area contributed by atoms with E-state index < -0.39 is 5.41 Å². The van der Waals surface area contributed by atoms with E-state index in [0.29, 0.717) is 0 Å². The Hall–Kier alpha value is -6.61. The van der Waals surface area contributed by atoms with Crippen LogP contribution in [0, 0.1) is 0 Å². The molecule has 0 aromatic heterocycles. The molecule has 11 rings (SSSR count). The second-order valence-electron chi connectivity index (χ2n) is 19.3. The molecule has 1 spiro atoms. The van der Waals surface area contributed by atoms with Crippen LogP contribution in [0.1, 0.15) is 74.9 Å². The summed E-state index contributed by atoms with van der Waals surface area (Å²) in [6.45, 7) is 14.0. The summed E-state index contributed by atoms with van der Waals surface area (Å²) in [6, 6.07) is 75.3. The zero-order valence-electron chi connectivity index (χ0n) is 36.9. The van der Waals surface area contributed by atoms with E-state index in [-0.39, 0.29) is 10.8 Å². The summed E-state index contributed by atoms with van der Waals surface area (Å²) in [6.07, 6.45) is 0. The molecule has 0 fully saturated rings. The van der Waals surface area contributed by atoms with Gasteiger partial charge in [-0.05, 0) is 120 Å². The number of rotatable bonds is 5. The predicted molar refractivity (Wildman–Crippen MR) is 268 cm³/mol. The highest BCUT2D eigenvalue weighted by atomic mass is 32.2. The number of anilines is 3. The number of nitrogens with zero attached hydrogens (tertiary/aromatic N) is 1. The average molecular weight is 830 g/mol. The topological polar surface area (TPSA) is 3.24 Å². The van der Waals surface area contributed by atoms with E-state index in [9.17, 15) is 0 Å². The highest BCUT2D eigenvalue weighted by molar-refractivity contribution is 7.99. The molecule has 0 amide bonds. The number of hydrogen-bond donors (Lipinski definition) is 0. The van der Waals surface area contributed by atoms with Gasteiger partial charge in [0.05, 0.1) is 16.8 Å². The number of fused-ring (bicyclic) bond motifs is 10. The second kappa shape index (κ2) is 14.8. The first kappa shape index (κ1) is 39.3. The summed E-state index contributed by atoms with van der Waals surface area (Å²) in [5.41, 5.74) is 18.5. The standard InChI is InChI=1S/C61H51NS/c1-59(2,3)44-30-34-49-50-35-31-45(60(4,5)6)39-53(50)61(52(49)38-44)51-23-13-15-26-57(51)63-58-36-29-43(37-54(58)61)48-22-12-14-24-55(48)62(56-25-16-20-42-19-10-11-21-47(42)56)46-32-27-41(28-33-46)40-17-8-7-9-18-40/h7-39H,1-6H3. The predicted octanol–water partition coefficient (Wildman–Crippen LogP) is 17.1. The zero-order valence-corrected chi connectivity index (χ0v) is 37.7. The van der Waals surface area contributed by atoms with Crippen molar-refractivity contribution in [2.75, 3.05) is 4.90 Å². The lowest BCUT2D eigenvalue weighted by Gasteiger charge is -2.41. The lowest BCUT2D eigenvalue weighted by molar-refractivity contribution is 0.585. The van der Waals surface area contributed by atoms with Gasteiger partial charge in [0, 0.05) is 26.4 Å². The van der Waals surface area contributed by atoms with Crippen LogP contribution in [0.5, 0.6) is 0 Å². The van der Waals surface area contributed by atoms with Crippen molar-refractivity contribution in [3.8, 4) is 33.4 Å². The molecular weight excluding hydrogens is 779 g/mol. The van der Waals surface area contributed by atoms with E-state index in [2.05, 4.69) is 247 Å². The van der Waals surface area contributed by atoms with Crippen molar-refractivity contribution in [2.24, 2.45) is 0 Å². The molecular formula is C61H51NS. The van der Waals surface area contributed by atoms with Gasteiger partial charge in [-0.25, -0.2) is 0 Å². The summed E-state index contributed by atoms with van der Waals surface area (Å²) in [5, 5.41) is 2.43. The third-order valence-corrected chi connectivity index (χ3v) is 14.6. The van der Waals surface area contributed by atoms with Gasteiger partial charge in [-0.2, -0.15) is 0 Å². The molecule has 63 heavy (non-hydrogen) atoms. The molecule has 0 bridgehead atoms. The maximum atomic E-state index is 2.55. The number of para-hydroxylation sites is 1. The Morgan fingerprint density at radius 3 is 1.65 bits per heavy atom. The first-order chi connectivity index (χ1) is 30.5. The van der Waals surface area contributed by atoms with Gasteiger partial charge in [0.2, 0.25) is 0 Å². The lowest BCUT2D eigenvalue weighted by atomic mass is 9.65. The maximum Gasteiger partial charge on any atom is 0.0735 e. The smallest absolute Gasteiger partial charge is 0.0735 e. The van der Waals surface area contributed by atoms with Crippen LogP contribution in [-0.2, 0) is 16.2 Å². The fourth-order valence-corrected chi connectivity index (χ4v) is 11.4. The summed E-state index contributed by atoms with van der Waals surface area (Å²) < 4.78 is 0. The molecule has 306 valence electrons. The SMILES string of the molecule is CC(C)(C)c1ccc2c(c1)C1(c3ccccc3Sc3ccc(-c4ccccc4N(c4ccc(-c5ccccc5)cc4)c4cccc5ccccc45)cc31)c1cc(C(C)(C)C)ccc1-2. The van der Waals surface area contributed by atoms with Gasteiger partial charge in [0.25, 0.3) is 0 Å². The van der Waals surface area contributed by atoms with E-state index in [1.54, 1.807) is 0 Å². The third kappa shape index (κ3) is 6.37. The van der Waals surface area contributed by atoms with E-state index in [0.717, 1.165) is 17.1 Å². The fourth-order valence-electron chi connectivity index (χ4n) is 10.2. The van der Waals surface area contributed by atoms with Crippen molar-refractivity contribution in [3.63, 3.8) is 0 Å². The van der Waals surface area contributed by atoms with E-state index in [1.807, 2.05) is 11.8 Å². The van der Waals surface area contributed by atoms with Crippen LogP contribution in [0.4, 0.5) is 17.1 Å². The molecule has 0 unspecified atom stereocenters. The van der Waals surface area contributed by atoms with Crippen LogP contribution >= 0.6 is 11.8 Å². The van der Waals surface area contributed by atoms with Gasteiger partial charge in [-0.1, -0.05) is 211 Å². The Bertz CT molecular complexity index is 3150. The highest BCUT2D eigenvalue weighted by Crippen LogP contribution is 2.63. The molecule has 0 saturated carbocycles. The molecule has 9 aromatic rings. The first-order valence-electron chi connectivity index (χ1n) is 22.3. The summed E-state index contributed by atoms with van der Waals surface area (Å²) in [5.74, 6) is 0. The lowest BCUT2D eigenvalue weighted by Crippen LogP contribution is -2.33. The van der Waals surface area contributed by atoms with Crippen LogP contribution in [0.15, 0.2) is 210 Å². The number of hydrogen-bond acceptors (Lipinski definition) is 2. The summed E-state index contributed by atoms with van der Waals surface area (Å²) in [7, 11) is 0. The maximum absolute atomic E-state index is 2.55. The third-order valence-electron chi connectivity index (χ3n) is 13.5. The molecule has 1 aliphatic carbocycles. The molecule has 1 aliphatic heterocycles. The normalized spacial score (nSPS) is 13.6. The molecule has 9 aromatic carbocycles. The van der Waals surface area contributed by atoms with Crippen LogP contribution in [0.25, 0.3) is 44.2 Å². The van der Waals surface area contributed by atoms with Gasteiger partial charge in [-0.15, -0.1) is 0 Å². The molecule has 1 nitrogen and oxygen atoms in total. The quantitative estimate of drug-likeness (QED) is 0.170. The first-order valence-corrected chi connectivity index (χ1v) is 23.1. The van der Waals surface area contributed by atoms with Gasteiger partial charge in [0.1, 0.15) is 0 Å². The summed E-state index contributed by atoms with van der Waals surface area (Å²) >= 11 is 1.91. The van der Waals surface area contributed by atoms with Crippen LogP contribution in [0.3, 0.4) is 0 Å². The van der Waals surface area contributed by atoms with Crippen LogP contribution in [-0.4, -0.2) is 0 Å². The molecule has 0 radical (unpaired) electrons. The van der Waals surface area contributed by atoms with Crippen molar-refractivity contribution >= 4 is 39.6 Å². The monoisotopic (exact) mass is 829 g/mol. The second-order valence-corrected chi connectivity index (χ2v) is 20.4. The van der Waals surface area contributed by atoms with Crippen LogP contribution < -0.4 is 4.90 Å². The Balaban J connectivity index is 1.17. The van der Waals surface area contributed by atoms with Gasteiger partial charge < -0.3 is 4.90 Å². The van der Waals surface area contributed by atoms with E-state index >= 15 is 0 Å². The van der Waals surface area contributed by atoms with Crippen molar-refractivity contribution in [1.82, 2.24) is 0 Å². The molecule has 0 saturated heterocycles. The van der Waals surface area contributed by atoms with Crippen molar-refractivity contribution in [3.05, 3.63) is 234 Å². The minimum absolute atomic E-state index is 0.0154. The molecule has 1 heterocycles. The Morgan fingerprint density at radius 2 is 0.937 bits per heavy atom. The van der Waals surface area contributed by atoms with E-state index in [4.69, 9.17) is 0 Å². The van der Waals surface area contributed by atoms with Gasteiger partial charge in [0.15, 0.2) is 0 Å². The Morgan fingerprint density at radius 1 is 0.381 bits per heavy atom. The fraction of sp³-hybridized carbons (Fsp3) is 0.148. The van der Waals surface area contributed by atoms with Crippen LogP contribution in [0.2, 0.25) is 0 Å². The zero-order chi connectivity index (χ0) is 43.1. The number of benzene rings is 9. The molecule has 0 N–H and O–H groups in total. The van der Waals surface area contributed by atoms with Gasteiger partial charge >= 0.3 is 0 Å². The molecule has 2 aliphatic rings. The van der Waals surface area contributed by atoms with Crippen molar-refractivity contribution < 1.29 is 0 Å². The largest absolute Gasteiger partial charge is 0.309 e. The minimum atomic E-state index is -0.516. The minimum Gasteiger partial charge on any atom is -0.309 e. The highest BCUT2D eigenvalue weighted by Gasteiger charge is 2.51. The Labute approximate surface area is 377 Å². The molecule has 2 heteroatoms. The summed E-state index contributed by atoms with van der Waals surface area (Å²) in [4.78, 5) is 5.09.